The molecule has 1 aliphatic rings. The Hall–Kier alpha value is -3.80. The molecule has 9 heteroatoms. The Kier molecular flexibility index (Phi) is 6.60. The lowest BCUT2D eigenvalue weighted by atomic mass is 9.90. The Morgan fingerprint density at radius 1 is 1.32 bits per heavy atom. The molecule has 31 heavy (non-hydrogen) atoms. The molecule has 1 aliphatic heterocycles. The standard InChI is InChI=1S/C22H24N6O3/c1-4-5-6-9-31-19-14-25-16(13-26-19)17(29)10-15-7-8-24-18(11-15)22(2)12-20(30)28(3)21(23)27-22/h7-8,11,13-14H,6,9-10,12H2,1-3H3,(H2,23,27). The topological polar surface area (TPSA) is 124 Å². The van der Waals surface area contributed by atoms with Gasteiger partial charge in [0.05, 0.1) is 24.5 Å². The number of aromatic nitrogens is 3. The summed E-state index contributed by atoms with van der Waals surface area (Å²) in [6.45, 7) is 3.98. The molecule has 0 fully saturated rings. The van der Waals surface area contributed by atoms with Gasteiger partial charge in [0.25, 0.3) is 0 Å². The lowest BCUT2D eigenvalue weighted by Crippen LogP contribution is -2.47. The number of hydrogen-bond donors (Lipinski definition) is 1. The third kappa shape index (κ3) is 5.22. The van der Waals surface area contributed by atoms with Gasteiger partial charge in [0.15, 0.2) is 11.7 Å². The zero-order valence-electron chi connectivity index (χ0n) is 17.8. The molecular weight excluding hydrogens is 396 g/mol. The predicted octanol–water partition coefficient (Wildman–Crippen LogP) is 1.48. The average molecular weight is 420 g/mol. The molecule has 3 rings (SSSR count). The highest BCUT2D eigenvalue weighted by Crippen LogP contribution is 2.31. The highest BCUT2D eigenvalue weighted by Gasteiger charge is 2.37. The average Bonchev–Trinajstić information content (AvgIpc) is 2.75. The van der Waals surface area contributed by atoms with E-state index in [9.17, 15) is 9.59 Å². The van der Waals surface area contributed by atoms with Crippen LogP contribution in [0.4, 0.5) is 0 Å². The van der Waals surface area contributed by atoms with Crippen LogP contribution in [-0.2, 0) is 16.8 Å². The number of carbonyl (C=O) groups is 2. The molecule has 3 heterocycles. The number of ketones is 1. The Labute approximate surface area is 180 Å². The molecule has 1 atom stereocenters. The largest absolute Gasteiger partial charge is 0.476 e. The second-order valence-electron chi connectivity index (χ2n) is 7.29. The van der Waals surface area contributed by atoms with Gasteiger partial charge < -0.3 is 10.5 Å². The van der Waals surface area contributed by atoms with Crippen molar-refractivity contribution in [2.75, 3.05) is 13.7 Å². The molecule has 0 spiro atoms. The van der Waals surface area contributed by atoms with Crippen LogP contribution in [0.2, 0.25) is 0 Å². The van der Waals surface area contributed by atoms with Gasteiger partial charge in [0, 0.05) is 26.1 Å². The summed E-state index contributed by atoms with van der Waals surface area (Å²) in [5, 5.41) is 0. The van der Waals surface area contributed by atoms with Crippen LogP contribution in [0.3, 0.4) is 0 Å². The highest BCUT2D eigenvalue weighted by atomic mass is 16.5. The Morgan fingerprint density at radius 3 is 2.81 bits per heavy atom. The molecule has 2 aromatic rings. The van der Waals surface area contributed by atoms with Crippen molar-refractivity contribution < 1.29 is 14.3 Å². The fourth-order valence-corrected chi connectivity index (χ4v) is 3.08. The van der Waals surface area contributed by atoms with Gasteiger partial charge in [-0.15, -0.1) is 11.8 Å². The van der Waals surface area contributed by atoms with Crippen molar-refractivity contribution in [2.24, 2.45) is 10.7 Å². The molecule has 160 valence electrons. The number of rotatable bonds is 7. The minimum Gasteiger partial charge on any atom is -0.476 e. The summed E-state index contributed by atoms with van der Waals surface area (Å²) in [7, 11) is 1.58. The molecule has 0 radical (unpaired) electrons. The first kappa shape index (κ1) is 21.9. The van der Waals surface area contributed by atoms with E-state index < -0.39 is 5.54 Å². The number of hydrogen-bond acceptors (Lipinski definition) is 8. The lowest BCUT2D eigenvalue weighted by molar-refractivity contribution is -0.128. The Balaban J connectivity index is 1.70. The van der Waals surface area contributed by atoms with E-state index >= 15 is 0 Å². The number of amides is 1. The van der Waals surface area contributed by atoms with E-state index in [4.69, 9.17) is 10.5 Å². The Bertz CT molecular complexity index is 1070. The maximum Gasteiger partial charge on any atom is 0.232 e. The monoisotopic (exact) mass is 420 g/mol. The van der Waals surface area contributed by atoms with E-state index in [1.165, 1.54) is 17.3 Å². The first-order chi connectivity index (χ1) is 14.8. The molecule has 0 aliphatic carbocycles. The van der Waals surface area contributed by atoms with Crippen molar-refractivity contribution in [1.29, 1.82) is 0 Å². The van der Waals surface area contributed by atoms with E-state index in [1.54, 1.807) is 39.2 Å². The van der Waals surface area contributed by atoms with E-state index in [2.05, 4.69) is 31.8 Å². The third-order valence-corrected chi connectivity index (χ3v) is 4.88. The summed E-state index contributed by atoms with van der Waals surface area (Å²) in [6, 6.07) is 3.52. The van der Waals surface area contributed by atoms with Gasteiger partial charge in [0.2, 0.25) is 11.8 Å². The van der Waals surface area contributed by atoms with Crippen molar-refractivity contribution in [3.05, 3.63) is 47.7 Å². The maximum absolute atomic E-state index is 12.6. The molecule has 2 aromatic heterocycles. The van der Waals surface area contributed by atoms with Gasteiger partial charge in [-0.25, -0.2) is 15.0 Å². The normalized spacial score (nSPS) is 18.1. The van der Waals surface area contributed by atoms with Crippen molar-refractivity contribution in [3.8, 4) is 17.7 Å². The van der Waals surface area contributed by atoms with Crippen LogP contribution in [0.15, 0.2) is 35.7 Å². The van der Waals surface area contributed by atoms with Crippen molar-refractivity contribution in [1.82, 2.24) is 19.9 Å². The fraction of sp³-hybridized carbons (Fsp3) is 0.364. The first-order valence-electron chi connectivity index (χ1n) is 9.77. The molecule has 0 saturated carbocycles. The molecule has 1 amide bonds. The number of nitrogens with zero attached hydrogens (tertiary/aromatic N) is 5. The zero-order chi connectivity index (χ0) is 22.4. The lowest BCUT2D eigenvalue weighted by Gasteiger charge is -2.32. The molecular formula is C22H24N6O3. The Morgan fingerprint density at radius 2 is 2.13 bits per heavy atom. The van der Waals surface area contributed by atoms with E-state index in [1.807, 2.05) is 0 Å². The summed E-state index contributed by atoms with van der Waals surface area (Å²) >= 11 is 0. The van der Waals surface area contributed by atoms with Gasteiger partial charge in [-0.05, 0) is 31.5 Å². The van der Waals surface area contributed by atoms with Crippen molar-refractivity contribution in [3.63, 3.8) is 0 Å². The smallest absolute Gasteiger partial charge is 0.232 e. The molecule has 9 nitrogen and oxygen atoms in total. The van der Waals surface area contributed by atoms with Crippen LogP contribution in [0, 0.1) is 11.8 Å². The van der Waals surface area contributed by atoms with Crippen LogP contribution >= 0.6 is 0 Å². The number of pyridine rings is 1. The van der Waals surface area contributed by atoms with Gasteiger partial charge >= 0.3 is 0 Å². The summed E-state index contributed by atoms with van der Waals surface area (Å²) in [5.74, 6) is 5.83. The minimum atomic E-state index is -0.881. The van der Waals surface area contributed by atoms with Crippen LogP contribution in [0.5, 0.6) is 5.88 Å². The second-order valence-corrected chi connectivity index (χ2v) is 7.29. The van der Waals surface area contributed by atoms with E-state index in [0.29, 0.717) is 24.6 Å². The van der Waals surface area contributed by atoms with Crippen LogP contribution < -0.4 is 10.5 Å². The molecule has 0 bridgehead atoms. The molecule has 0 aromatic carbocycles. The SMILES string of the molecule is CC#CCCOc1cnc(C(=O)Cc2ccnc(C3(C)CC(=O)N(C)C(N)=N3)c2)cn1. The number of Topliss-reactive ketones (excluding diaryl/α,β-unsaturated/α-hetero) is 1. The minimum absolute atomic E-state index is 0.111. The van der Waals surface area contributed by atoms with E-state index in [-0.39, 0.29) is 36.2 Å². The number of aliphatic imine (C=N–C) groups is 1. The van der Waals surface area contributed by atoms with Crippen LogP contribution in [0.1, 0.15) is 48.4 Å². The van der Waals surface area contributed by atoms with Crippen LogP contribution in [-0.4, -0.2) is 51.2 Å². The van der Waals surface area contributed by atoms with Crippen LogP contribution in [0.25, 0.3) is 0 Å². The molecule has 2 N–H and O–H groups in total. The van der Waals surface area contributed by atoms with E-state index in [0.717, 1.165) is 5.56 Å². The van der Waals surface area contributed by atoms with Gasteiger partial charge in [-0.2, -0.15) is 0 Å². The number of ether oxygens (including phenoxy) is 1. The zero-order valence-corrected chi connectivity index (χ0v) is 17.8. The predicted molar refractivity (Wildman–Crippen MR) is 114 cm³/mol. The van der Waals surface area contributed by atoms with Gasteiger partial charge in [-0.1, -0.05) is 0 Å². The van der Waals surface area contributed by atoms with Crippen molar-refractivity contribution in [2.45, 2.75) is 38.6 Å². The third-order valence-electron chi connectivity index (χ3n) is 4.88. The second kappa shape index (κ2) is 9.34. The fourth-order valence-electron chi connectivity index (χ4n) is 3.08. The molecule has 0 saturated heterocycles. The summed E-state index contributed by atoms with van der Waals surface area (Å²) in [5.41, 5.74) is 6.54. The van der Waals surface area contributed by atoms with Crippen molar-refractivity contribution >= 4 is 17.6 Å². The summed E-state index contributed by atoms with van der Waals surface area (Å²) < 4.78 is 5.43. The highest BCUT2D eigenvalue weighted by molar-refractivity contribution is 5.98. The quantitative estimate of drug-likeness (QED) is 0.409. The summed E-state index contributed by atoms with van der Waals surface area (Å²) in [6.07, 6.45) is 5.27. The summed E-state index contributed by atoms with van der Waals surface area (Å²) in [4.78, 5) is 43.3. The maximum atomic E-state index is 12.6. The number of nitrogens with two attached hydrogens (primary N) is 1. The first-order valence-corrected chi connectivity index (χ1v) is 9.77. The molecule has 1 unspecified atom stereocenters. The number of guanidine groups is 1. The number of carbonyl (C=O) groups excluding carboxylic acids is 2. The van der Waals surface area contributed by atoms with Gasteiger partial charge in [-0.3, -0.25) is 19.5 Å². The van der Waals surface area contributed by atoms with Gasteiger partial charge in [0.1, 0.15) is 17.8 Å².